The number of carbonyl (C=O) groups excluding carboxylic acids is 1. The molecule has 0 aliphatic heterocycles. The van der Waals surface area contributed by atoms with Crippen molar-refractivity contribution in [2.24, 2.45) is 5.92 Å². The summed E-state index contributed by atoms with van der Waals surface area (Å²) in [5, 5.41) is 2.66. The maximum atomic E-state index is 12.0. The van der Waals surface area contributed by atoms with Gasteiger partial charge in [-0.05, 0) is 47.0 Å². The number of amides is 1. The smallest absolute Gasteiger partial charge is 0.496 e. The van der Waals surface area contributed by atoms with Gasteiger partial charge >= 0.3 is 6.36 Å². The fourth-order valence-corrected chi connectivity index (χ4v) is 2.59. The van der Waals surface area contributed by atoms with Crippen LogP contribution in [0.25, 0.3) is 0 Å². The van der Waals surface area contributed by atoms with Crippen molar-refractivity contribution in [1.29, 1.82) is 0 Å². The fraction of sp³-hybridized carbons (Fsp3) is 0.462. The van der Waals surface area contributed by atoms with E-state index in [0.29, 0.717) is 15.9 Å². The van der Waals surface area contributed by atoms with Crippen LogP contribution in [0, 0.1) is 5.92 Å². The number of carbonyl (C=O) groups is 1. The average Bonchev–Trinajstić information content (AvgIpc) is 2.32. The summed E-state index contributed by atoms with van der Waals surface area (Å²) in [6.07, 6.45) is -5.43. The van der Waals surface area contributed by atoms with Gasteiger partial charge in [0.15, 0.2) is 0 Å². The molecule has 1 aliphatic rings. The number of ether oxygens (including phenoxy) is 2. The van der Waals surface area contributed by atoms with E-state index in [2.05, 4.69) is 26.0 Å². The molecule has 2 rings (SSSR count). The predicted octanol–water partition coefficient (Wildman–Crippen LogP) is 3.71. The number of halogens is 4. The number of hydrogen-bond acceptors (Lipinski definition) is 3. The molecule has 1 aromatic rings. The molecule has 0 atom stereocenters. The highest BCUT2D eigenvalue weighted by atomic mass is 79.9. The summed E-state index contributed by atoms with van der Waals surface area (Å²) in [5.74, 6) is -0.150. The van der Waals surface area contributed by atoms with Gasteiger partial charge in [0.1, 0.15) is 5.75 Å². The first-order valence-electron chi connectivity index (χ1n) is 6.17. The van der Waals surface area contributed by atoms with Crippen LogP contribution < -0.4 is 10.1 Å². The highest BCUT2D eigenvalue weighted by molar-refractivity contribution is 9.10. The van der Waals surface area contributed by atoms with E-state index in [1.54, 1.807) is 18.2 Å². The maximum absolute atomic E-state index is 12.0. The molecule has 116 valence electrons. The van der Waals surface area contributed by atoms with Crippen LogP contribution >= 0.6 is 15.9 Å². The first-order valence-corrected chi connectivity index (χ1v) is 6.96. The summed E-state index contributed by atoms with van der Waals surface area (Å²) >= 11 is 3.29. The molecule has 0 spiro atoms. The van der Waals surface area contributed by atoms with Crippen LogP contribution in [0.15, 0.2) is 22.7 Å². The van der Waals surface area contributed by atoms with E-state index in [4.69, 9.17) is 4.74 Å². The Morgan fingerprint density at radius 1 is 1.38 bits per heavy atom. The summed E-state index contributed by atoms with van der Waals surface area (Å²) in [7, 11) is 1.52. The van der Waals surface area contributed by atoms with E-state index in [1.165, 1.54) is 7.11 Å². The highest BCUT2D eigenvalue weighted by Crippen LogP contribution is 2.36. The van der Waals surface area contributed by atoms with Crippen molar-refractivity contribution in [3.63, 3.8) is 0 Å². The summed E-state index contributed by atoms with van der Waals surface area (Å²) in [6.45, 7) is 0. The number of rotatable bonds is 4. The summed E-state index contributed by atoms with van der Waals surface area (Å²) in [6, 6.07) is 5.00. The van der Waals surface area contributed by atoms with Crippen molar-refractivity contribution in [1.82, 2.24) is 0 Å². The van der Waals surface area contributed by atoms with Gasteiger partial charge in [-0.25, -0.2) is 0 Å². The lowest BCUT2D eigenvalue weighted by Crippen LogP contribution is -2.41. The molecule has 0 aromatic heterocycles. The molecule has 0 saturated heterocycles. The normalized spacial score (nSPS) is 21.6. The predicted molar refractivity (Wildman–Crippen MR) is 73.0 cm³/mol. The van der Waals surface area contributed by atoms with Crippen LogP contribution in [0.2, 0.25) is 0 Å². The molecule has 1 aliphatic carbocycles. The third kappa shape index (κ3) is 4.34. The van der Waals surface area contributed by atoms with E-state index in [1.807, 2.05) is 0 Å². The molecule has 8 heteroatoms. The monoisotopic (exact) mass is 367 g/mol. The molecule has 0 heterocycles. The SMILES string of the molecule is COc1ccc(NC(=O)C2CC(OC(F)(F)F)C2)cc1Br. The Balaban J connectivity index is 1.85. The number of benzene rings is 1. The molecule has 1 N–H and O–H groups in total. The van der Waals surface area contributed by atoms with Gasteiger partial charge in [0, 0.05) is 11.6 Å². The third-order valence-electron chi connectivity index (χ3n) is 3.19. The molecular weight excluding hydrogens is 355 g/mol. The molecule has 0 bridgehead atoms. The lowest BCUT2D eigenvalue weighted by molar-refractivity contribution is -0.353. The van der Waals surface area contributed by atoms with Gasteiger partial charge in [-0.1, -0.05) is 0 Å². The molecule has 4 nitrogen and oxygen atoms in total. The van der Waals surface area contributed by atoms with E-state index < -0.39 is 18.4 Å². The largest absolute Gasteiger partial charge is 0.522 e. The number of anilines is 1. The van der Waals surface area contributed by atoms with E-state index in [0.717, 1.165) is 0 Å². The molecule has 1 fully saturated rings. The lowest BCUT2D eigenvalue weighted by Gasteiger charge is -2.34. The molecule has 21 heavy (non-hydrogen) atoms. The van der Waals surface area contributed by atoms with Gasteiger partial charge in [-0.3, -0.25) is 9.53 Å². The zero-order valence-electron chi connectivity index (χ0n) is 11.0. The van der Waals surface area contributed by atoms with Crippen molar-refractivity contribution in [2.75, 3.05) is 12.4 Å². The van der Waals surface area contributed by atoms with Crippen molar-refractivity contribution < 1.29 is 27.4 Å². The number of methoxy groups -OCH3 is 1. The van der Waals surface area contributed by atoms with Gasteiger partial charge in [-0.2, -0.15) is 0 Å². The Labute approximate surface area is 127 Å². The van der Waals surface area contributed by atoms with Gasteiger partial charge < -0.3 is 10.1 Å². The van der Waals surface area contributed by atoms with Crippen molar-refractivity contribution in [3.05, 3.63) is 22.7 Å². The Morgan fingerprint density at radius 3 is 2.57 bits per heavy atom. The Hall–Kier alpha value is -1.28. The van der Waals surface area contributed by atoms with Gasteiger partial charge in [0.05, 0.1) is 17.7 Å². The molecule has 0 unspecified atom stereocenters. The van der Waals surface area contributed by atoms with Gasteiger partial charge in [0.25, 0.3) is 0 Å². The van der Waals surface area contributed by atoms with Crippen molar-refractivity contribution >= 4 is 27.5 Å². The van der Waals surface area contributed by atoms with Crippen molar-refractivity contribution in [3.8, 4) is 5.75 Å². The molecular formula is C13H13BrF3NO3. The standard InChI is InChI=1S/C13H13BrF3NO3/c1-20-11-3-2-8(6-10(11)14)18-12(19)7-4-9(5-7)21-13(15,16)17/h2-3,6-7,9H,4-5H2,1H3,(H,18,19). The van der Waals surface area contributed by atoms with Crippen LogP contribution in [0.4, 0.5) is 18.9 Å². The average molecular weight is 368 g/mol. The van der Waals surface area contributed by atoms with E-state index in [9.17, 15) is 18.0 Å². The minimum absolute atomic E-state index is 0.0721. The highest BCUT2D eigenvalue weighted by Gasteiger charge is 2.42. The molecule has 1 amide bonds. The van der Waals surface area contributed by atoms with Crippen LogP contribution in [0.3, 0.4) is 0 Å². The minimum atomic E-state index is -4.65. The molecule has 1 aromatic carbocycles. The summed E-state index contributed by atoms with van der Waals surface area (Å²) < 4.78 is 45.5. The number of alkyl halides is 3. The first-order chi connectivity index (χ1) is 9.78. The quantitative estimate of drug-likeness (QED) is 0.882. The summed E-state index contributed by atoms with van der Waals surface area (Å²) in [5.41, 5.74) is 0.549. The number of nitrogens with one attached hydrogen (secondary N) is 1. The van der Waals surface area contributed by atoms with Gasteiger partial charge in [0.2, 0.25) is 5.91 Å². The van der Waals surface area contributed by atoms with Crippen LogP contribution in [0.5, 0.6) is 5.75 Å². The maximum Gasteiger partial charge on any atom is 0.522 e. The zero-order valence-corrected chi connectivity index (χ0v) is 12.6. The first kappa shape index (κ1) is 16.1. The second kappa shape index (κ2) is 6.23. The van der Waals surface area contributed by atoms with Crippen molar-refractivity contribution in [2.45, 2.75) is 25.3 Å². The zero-order chi connectivity index (χ0) is 15.6. The third-order valence-corrected chi connectivity index (χ3v) is 3.80. The summed E-state index contributed by atoms with van der Waals surface area (Å²) in [4.78, 5) is 11.9. The molecule has 0 radical (unpaired) electrons. The number of hydrogen-bond donors (Lipinski definition) is 1. The fourth-order valence-electron chi connectivity index (χ4n) is 2.05. The van der Waals surface area contributed by atoms with Crippen LogP contribution in [-0.4, -0.2) is 25.5 Å². The Morgan fingerprint density at radius 2 is 2.05 bits per heavy atom. The lowest BCUT2D eigenvalue weighted by atomic mass is 9.81. The van der Waals surface area contributed by atoms with E-state index in [-0.39, 0.29) is 18.7 Å². The minimum Gasteiger partial charge on any atom is -0.496 e. The molecule has 1 saturated carbocycles. The van der Waals surface area contributed by atoms with E-state index >= 15 is 0 Å². The van der Waals surface area contributed by atoms with Gasteiger partial charge in [-0.15, -0.1) is 13.2 Å². The van der Waals surface area contributed by atoms with Crippen LogP contribution in [0.1, 0.15) is 12.8 Å². The second-order valence-electron chi connectivity index (χ2n) is 4.69. The Kier molecular flexibility index (Phi) is 4.77. The van der Waals surface area contributed by atoms with Crippen LogP contribution in [-0.2, 0) is 9.53 Å². The topological polar surface area (TPSA) is 47.6 Å². The second-order valence-corrected chi connectivity index (χ2v) is 5.55. The Bertz CT molecular complexity index is 530.